The number of carbonyl (C=O) groups excluding carboxylic acids is 1. The second kappa shape index (κ2) is 8.05. The molecule has 0 fully saturated rings. The number of hydrogen-bond acceptors (Lipinski definition) is 5. The zero-order valence-corrected chi connectivity index (χ0v) is 15.6. The molecule has 1 aromatic heterocycles. The molecule has 7 heteroatoms. The van der Waals surface area contributed by atoms with Crippen molar-refractivity contribution in [3.8, 4) is 22.8 Å². The van der Waals surface area contributed by atoms with Crippen molar-refractivity contribution in [3.05, 3.63) is 75.5 Å². The fraction of sp³-hybridized carbons (Fsp3) is 0.150. The molecule has 6 nitrogen and oxygen atoms in total. The molecule has 0 amide bonds. The molecule has 0 spiro atoms. The van der Waals surface area contributed by atoms with E-state index >= 15 is 0 Å². The Morgan fingerprint density at radius 3 is 2.52 bits per heavy atom. The molecule has 138 valence electrons. The van der Waals surface area contributed by atoms with Crippen LogP contribution in [-0.4, -0.2) is 29.8 Å². The highest BCUT2D eigenvalue weighted by atomic mass is 35.5. The zero-order valence-electron chi connectivity index (χ0n) is 14.8. The molecule has 3 rings (SSSR count). The molecule has 0 saturated carbocycles. The molecule has 0 saturated heterocycles. The lowest BCUT2D eigenvalue weighted by Crippen LogP contribution is -2.26. The van der Waals surface area contributed by atoms with Crippen LogP contribution in [0.15, 0.2) is 59.4 Å². The number of ketones is 1. The summed E-state index contributed by atoms with van der Waals surface area (Å²) in [6, 6.07) is 14.9. The van der Waals surface area contributed by atoms with Gasteiger partial charge >= 0.3 is 0 Å². The lowest BCUT2D eigenvalue weighted by atomic mass is 10.1. The lowest BCUT2D eigenvalue weighted by molar-refractivity contribution is 0.0965. The van der Waals surface area contributed by atoms with Crippen molar-refractivity contribution >= 4 is 17.4 Å². The highest BCUT2D eigenvalue weighted by molar-refractivity contribution is 6.30. The van der Waals surface area contributed by atoms with E-state index in [1.807, 2.05) is 6.07 Å². The Bertz CT molecular complexity index is 1050. The molecule has 3 aromatic rings. The van der Waals surface area contributed by atoms with E-state index in [9.17, 15) is 9.59 Å². The predicted octanol–water partition coefficient (Wildman–Crippen LogP) is 3.46. The van der Waals surface area contributed by atoms with E-state index < -0.39 is 0 Å². The summed E-state index contributed by atoms with van der Waals surface area (Å²) in [6.45, 7) is -0.192. The van der Waals surface area contributed by atoms with Crippen molar-refractivity contribution in [2.24, 2.45) is 0 Å². The number of rotatable bonds is 6. The van der Waals surface area contributed by atoms with E-state index in [1.165, 1.54) is 20.3 Å². The van der Waals surface area contributed by atoms with Gasteiger partial charge in [0.25, 0.3) is 5.56 Å². The van der Waals surface area contributed by atoms with Crippen LogP contribution in [-0.2, 0) is 6.54 Å². The van der Waals surface area contributed by atoms with Gasteiger partial charge in [0.1, 0.15) is 6.54 Å². The Kier molecular flexibility index (Phi) is 5.57. The highest BCUT2D eigenvalue weighted by Crippen LogP contribution is 2.27. The van der Waals surface area contributed by atoms with Crippen molar-refractivity contribution in [3.63, 3.8) is 0 Å². The molecule has 2 aromatic carbocycles. The van der Waals surface area contributed by atoms with Crippen molar-refractivity contribution in [2.75, 3.05) is 14.2 Å². The van der Waals surface area contributed by atoms with Crippen LogP contribution in [0.5, 0.6) is 11.5 Å². The van der Waals surface area contributed by atoms with Gasteiger partial charge < -0.3 is 9.47 Å². The van der Waals surface area contributed by atoms with Crippen molar-refractivity contribution < 1.29 is 14.3 Å². The molecule has 0 unspecified atom stereocenters. The number of nitrogens with zero attached hydrogens (tertiary/aromatic N) is 2. The van der Waals surface area contributed by atoms with Gasteiger partial charge in [0.2, 0.25) is 0 Å². The third-order valence-electron chi connectivity index (χ3n) is 3.99. The van der Waals surface area contributed by atoms with Gasteiger partial charge in [-0.2, -0.15) is 5.10 Å². The highest BCUT2D eigenvalue weighted by Gasteiger charge is 2.13. The number of carbonyl (C=O) groups is 1. The van der Waals surface area contributed by atoms with Gasteiger partial charge in [-0.3, -0.25) is 9.59 Å². The van der Waals surface area contributed by atoms with Crippen LogP contribution in [0.1, 0.15) is 10.4 Å². The largest absolute Gasteiger partial charge is 0.493 e. The van der Waals surface area contributed by atoms with Crippen LogP contribution >= 0.6 is 11.6 Å². The Balaban J connectivity index is 1.90. The fourth-order valence-corrected chi connectivity index (χ4v) is 2.79. The van der Waals surface area contributed by atoms with E-state index in [0.717, 1.165) is 10.2 Å². The van der Waals surface area contributed by atoms with Gasteiger partial charge in [-0.25, -0.2) is 4.68 Å². The van der Waals surface area contributed by atoms with Crippen LogP contribution in [0.4, 0.5) is 0 Å². The first-order chi connectivity index (χ1) is 13.0. The average molecular weight is 385 g/mol. The van der Waals surface area contributed by atoms with Crippen LogP contribution in [0.2, 0.25) is 5.02 Å². The Labute approximate surface area is 160 Å². The first kappa shape index (κ1) is 18.7. The molecule has 0 atom stereocenters. The summed E-state index contributed by atoms with van der Waals surface area (Å²) in [6.07, 6.45) is 0. The smallest absolute Gasteiger partial charge is 0.267 e. The zero-order chi connectivity index (χ0) is 19.4. The van der Waals surface area contributed by atoms with Gasteiger partial charge in [-0.1, -0.05) is 23.7 Å². The average Bonchev–Trinajstić information content (AvgIpc) is 2.69. The molecule has 0 aliphatic rings. The number of ether oxygens (including phenoxy) is 2. The third kappa shape index (κ3) is 4.17. The van der Waals surface area contributed by atoms with E-state index in [1.54, 1.807) is 42.5 Å². The maximum absolute atomic E-state index is 12.6. The standard InChI is InChI=1S/C20H17ClN2O4/c1-26-18-8-6-14(11-19(18)27-2)17(24)12-23-20(25)9-7-16(22-23)13-4-3-5-15(21)10-13/h3-11H,12H2,1-2H3. The summed E-state index contributed by atoms with van der Waals surface area (Å²) < 4.78 is 11.5. The Morgan fingerprint density at radius 2 is 1.81 bits per heavy atom. The first-order valence-electron chi connectivity index (χ1n) is 8.11. The number of aromatic nitrogens is 2. The predicted molar refractivity (Wildman–Crippen MR) is 103 cm³/mol. The number of hydrogen-bond donors (Lipinski definition) is 0. The fourth-order valence-electron chi connectivity index (χ4n) is 2.60. The molecule has 0 radical (unpaired) electrons. The van der Waals surface area contributed by atoms with Gasteiger partial charge in [-0.15, -0.1) is 0 Å². The summed E-state index contributed by atoms with van der Waals surface area (Å²) in [5, 5.41) is 4.86. The van der Waals surface area contributed by atoms with E-state index in [-0.39, 0.29) is 17.9 Å². The van der Waals surface area contributed by atoms with Gasteiger partial charge in [0.15, 0.2) is 17.3 Å². The Morgan fingerprint density at radius 1 is 1.04 bits per heavy atom. The van der Waals surface area contributed by atoms with Gasteiger partial charge in [0, 0.05) is 22.2 Å². The molecular formula is C20H17ClN2O4. The Hall–Kier alpha value is -3.12. The number of methoxy groups -OCH3 is 2. The molecule has 0 aliphatic carbocycles. The third-order valence-corrected chi connectivity index (χ3v) is 4.22. The van der Waals surface area contributed by atoms with Crippen molar-refractivity contribution in [2.45, 2.75) is 6.54 Å². The second-order valence-electron chi connectivity index (χ2n) is 5.72. The quantitative estimate of drug-likeness (QED) is 0.609. The van der Waals surface area contributed by atoms with Crippen molar-refractivity contribution in [1.82, 2.24) is 9.78 Å². The van der Waals surface area contributed by atoms with Crippen LogP contribution in [0, 0.1) is 0 Å². The SMILES string of the molecule is COc1ccc(C(=O)Cn2nc(-c3cccc(Cl)c3)ccc2=O)cc1OC. The number of Topliss-reactive ketones (excluding diaryl/α,β-unsaturated/α-hetero) is 1. The molecule has 0 N–H and O–H groups in total. The summed E-state index contributed by atoms with van der Waals surface area (Å²) in [5.74, 6) is 0.692. The van der Waals surface area contributed by atoms with Crippen LogP contribution in [0.25, 0.3) is 11.3 Å². The van der Waals surface area contributed by atoms with E-state index in [0.29, 0.717) is 27.8 Å². The van der Waals surface area contributed by atoms with E-state index in [4.69, 9.17) is 21.1 Å². The normalized spacial score (nSPS) is 10.5. The van der Waals surface area contributed by atoms with Crippen LogP contribution < -0.4 is 15.0 Å². The maximum atomic E-state index is 12.6. The minimum Gasteiger partial charge on any atom is -0.493 e. The molecule has 0 aliphatic heterocycles. The summed E-state index contributed by atoms with van der Waals surface area (Å²) in [5.41, 5.74) is 1.34. The molecular weight excluding hydrogens is 368 g/mol. The first-order valence-corrected chi connectivity index (χ1v) is 8.49. The molecule has 0 bridgehead atoms. The summed E-state index contributed by atoms with van der Waals surface area (Å²) in [4.78, 5) is 24.8. The number of halogens is 1. The monoisotopic (exact) mass is 384 g/mol. The second-order valence-corrected chi connectivity index (χ2v) is 6.15. The minimum absolute atomic E-state index is 0.192. The van der Waals surface area contributed by atoms with Crippen molar-refractivity contribution in [1.29, 1.82) is 0 Å². The maximum Gasteiger partial charge on any atom is 0.267 e. The van der Waals surface area contributed by atoms with E-state index in [2.05, 4.69) is 5.10 Å². The summed E-state index contributed by atoms with van der Waals surface area (Å²) >= 11 is 6.01. The molecule has 27 heavy (non-hydrogen) atoms. The minimum atomic E-state index is -0.366. The lowest BCUT2D eigenvalue weighted by Gasteiger charge is -2.10. The topological polar surface area (TPSA) is 70.4 Å². The summed E-state index contributed by atoms with van der Waals surface area (Å²) in [7, 11) is 3.01. The van der Waals surface area contributed by atoms with Crippen LogP contribution in [0.3, 0.4) is 0 Å². The van der Waals surface area contributed by atoms with Gasteiger partial charge in [0.05, 0.1) is 19.9 Å². The van der Waals surface area contributed by atoms with Gasteiger partial charge in [-0.05, 0) is 36.4 Å². The number of benzene rings is 2. The molecule has 1 heterocycles.